The smallest absolute Gasteiger partial charge is 0.404 e. The first-order valence-electron chi connectivity index (χ1n) is 6.07. The van der Waals surface area contributed by atoms with Gasteiger partial charge in [0.1, 0.15) is 24.3 Å². The van der Waals surface area contributed by atoms with Crippen molar-refractivity contribution in [2.75, 3.05) is 6.61 Å². The number of halogens is 1. The van der Waals surface area contributed by atoms with Crippen LogP contribution in [0.5, 0.6) is 5.75 Å². The van der Waals surface area contributed by atoms with Crippen LogP contribution in [0.3, 0.4) is 0 Å². The Labute approximate surface area is 116 Å². The fourth-order valence-electron chi connectivity index (χ4n) is 1.51. The first kappa shape index (κ1) is 15.9. The summed E-state index contributed by atoms with van der Waals surface area (Å²) in [6, 6.07) is 3.61. The van der Waals surface area contributed by atoms with Crippen molar-refractivity contribution in [3.63, 3.8) is 0 Å². The van der Waals surface area contributed by atoms with Crippen molar-refractivity contribution in [1.29, 1.82) is 0 Å². The third-order valence-electron chi connectivity index (χ3n) is 2.71. The molecule has 0 saturated carbocycles. The third-order valence-corrected chi connectivity index (χ3v) is 2.71. The van der Waals surface area contributed by atoms with E-state index in [1.165, 1.54) is 12.1 Å². The summed E-state index contributed by atoms with van der Waals surface area (Å²) >= 11 is 0. The Morgan fingerprint density at radius 1 is 1.45 bits per heavy atom. The molecule has 1 aromatic rings. The van der Waals surface area contributed by atoms with Crippen LogP contribution in [0.25, 0.3) is 0 Å². The van der Waals surface area contributed by atoms with E-state index >= 15 is 0 Å². The molecule has 0 fully saturated rings. The lowest BCUT2D eigenvalue weighted by atomic mass is 9.89. The first-order valence-corrected chi connectivity index (χ1v) is 6.07. The van der Waals surface area contributed by atoms with Crippen LogP contribution in [-0.2, 0) is 4.74 Å². The van der Waals surface area contributed by atoms with Gasteiger partial charge >= 0.3 is 6.09 Å². The Morgan fingerprint density at radius 3 is 2.60 bits per heavy atom. The summed E-state index contributed by atoms with van der Waals surface area (Å²) in [5, 5.41) is 0. The van der Waals surface area contributed by atoms with Crippen molar-refractivity contribution < 1.29 is 23.5 Å². The lowest BCUT2D eigenvalue weighted by Gasteiger charge is -2.29. The van der Waals surface area contributed by atoms with Crippen LogP contribution in [0.4, 0.5) is 9.18 Å². The van der Waals surface area contributed by atoms with E-state index in [9.17, 15) is 14.0 Å². The van der Waals surface area contributed by atoms with E-state index in [2.05, 4.69) is 0 Å². The number of rotatable bonds is 5. The highest BCUT2D eigenvalue weighted by Crippen LogP contribution is 2.25. The van der Waals surface area contributed by atoms with Gasteiger partial charge in [0.2, 0.25) is 0 Å². The Hall–Kier alpha value is -2.11. The first-order chi connectivity index (χ1) is 9.24. The Kier molecular flexibility index (Phi) is 5.07. The topological polar surface area (TPSA) is 78.6 Å². The summed E-state index contributed by atoms with van der Waals surface area (Å²) in [5.74, 6) is -0.302. The molecule has 0 aliphatic rings. The minimum absolute atomic E-state index is 0.0128. The molecule has 0 bridgehead atoms. The predicted octanol–water partition coefficient (Wildman–Crippen LogP) is 2.53. The molecule has 110 valence electrons. The molecule has 5 nitrogen and oxygen atoms in total. The van der Waals surface area contributed by atoms with Crippen molar-refractivity contribution in [2.45, 2.75) is 26.9 Å². The highest BCUT2D eigenvalue weighted by molar-refractivity contribution is 5.79. The molecule has 1 atom stereocenters. The number of nitrogens with two attached hydrogens (primary N) is 1. The summed E-state index contributed by atoms with van der Waals surface area (Å²) in [7, 11) is 0. The lowest BCUT2D eigenvalue weighted by molar-refractivity contribution is 0.00565. The number of carbonyl (C=O) groups is 2. The van der Waals surface area contributed by atoms with Gasteiger partial charge in [0, 0.05) is 5.41 Å². The van der Waals surface area contributed by atoms with E-state index < -0.39 is 23.4 Å². The number of benzene rings is 1. The average molecular weight is 283 g/mol. The molecule has 0 aromatic heterocycles. The molecule has 0 radical (unpaired) electrons. The number of aldehydes is 1. The predicted molar refractivity (Wildman–Crippen MR) is 71.2 cm³/mol. The highest BCUT2D eigenvalue weighted by Gasteiger charge is 2.28. The number of amides is 1. The maximum absolute atomic E-state index is 13.0. The van der Waals surface area contributed by atoms with Crippen molar-refractivity contribution in [3.05, 3.63) is 29.6 Å². The molecule has 0 spiro atoms. The standard InChI is InChI=1S/C14H18FNO4/c1-14(2,3)12(20-13(16)18)8-19-11-5-4-10(15)6-9(11)7-17/h4-7,12H,8H2,1-3H3,(H2,16,18). The highest BCUT2D eigenvalue weighted by atomic mass is 19.1. The zero-order valence-corrected chi connectivity index (χ0v) is 11.7. The molecule has 2 N–H and O–H groups in total. The van der Waals surface area contributed by atoms with Gasteiger partial charge in [-0.05, 0) is 18.2 Å². The molecule has 1 amide bonds. The SMILES string of the molecule is CC(C)(C)C(COc1ccc(F)cc1C=O)OC(N)=O. The molecule has 0 aliphatic carbocycles. The second-order valence-electron chi connectivity index (χ2n) is 5.40. The normalized spacial score (nSPS) is 12.6. The second kappa shape index (κ2) is 6.36. The molecular weight excluding hydrogens is 265 g/mol. The monoisotopic (exact) mass is 283 g/mol. The van der Waals surface area contributed by atoms with Gasteiger partial charge in [-0.3, -0.25) is 4.79 Å². The summed E-state index contributed by atoms with van der Waals surface area (Å²) in [4.78, 5) is 21.7. The van der Waals surface area contributed by atoms with Crippen LogP contribution in [0, 0.1) is 11.2 Å². The van der Waals surface area contributed by atoms with Gasteiger partial charge in [0.05, 0.1) is 5.56 Å². The quantitative estimate of drug-likeness (QED) is 0.842. The molecule has 0 aliphatic heterocycles. The number of hydrogen-bond donors (Lipinski definition) is 1. The van der Waals surface area contributed by atoms with Crippen LogP contribution in [-0.4, -0.2) is 25.1 Å². The number of hydrogen-bond acceptors (Lipinski definition) is 4. The summed E-state index contributed by atoms with van der Waals surface area (Å²) < 4.78 is 23.4. The molecule has 0 saturated heterocycles. The maximum Gasteiger partial charge on any atom is 0.404 e. The molecule has 0 heterocycles. The molecular formula is C14H18FNO4. The fourth-order valence-corrected chi connectivity index (χ4v) is 1.51. The van der Waals surface area contributed by atoms with E-state index in [-0.39, 0.29) is 17.9 Å². The van der Waals surface area contributed by atoms with Gasteiger partial charge < -0.3 is 15.2 Å². The lowest BCUT2D eigenvalue weighted by Crippen LogP contribution is -2.38. The molecule has 1 aromatic carbocycles. The molecule has 1 unspecified atom stereocenters. The van der Waals surface area contributed by atoms with Gasteiger partial charge in [-0.1, -0.05) is 20.8 Å². The van der Waals surface area contributed by atoms with Crippen molar-refractivity contribution >= 4 is 12.4 Å². The number of ether oxygens (including phenoxy) is 2. The summed E-state index contributed by atoms with van der Waals surface area (Å²) in [6.45, 7) is 5.58. The van der Waals surface area contributed by atoms with E-state index in [0.29, 0.717) is 6.29 Å². The van der Waals surface area contributed by atoms with Gasteiger partial charge in [0.15, 0.2) is 6.29 Å². The van der Waals surface area contributed by atoms with Gasteiger partial charge in [-0.25, -0.2) is 9.18 Å². The van der Waals surface area contributed by atoms with Crippen LogP contribution >= 0.6 is 0 Å². The van der Waals surface area contributed by atoms with Crippen molar-refractivity contribution in [1.82, 2.24) is 0 Å². The van der Waals surface area contributed by atoms with E-state index in [4.69, 9.17) is 15.2 Å². The van der Waals surface area contributed by atoms with Crippen molar-refractivity contribution in [2.24, 2.45) is 11.1 Å². The van der Waals surface area contributed by atoms with Crippen LogP contribution in [0.2, 0.25) is 0 Å². The van der Waals surface area contributed by atoms with Gasteiger partial charge in [0.25, 0.3) is 0 Å². The number of primary amides is 1. The van der Waals surface area contributed by atoms with E-state index in [0.717, 1.165) is 6.07 Å². The Morgan fingerprint density at radius 2 is 2.10 bits per heavy atom. The Bertz CT molecular complexity index is 496. The van der Waals surface area contributed by atoms with Crippen molar-refractivity contribution in [3.8, 4) is 5.75 Å². The minimum Gasteiger partial charge on any atom is -0.489 e. The van der Waals surface area contributed by atoms with E-state index in [1.807, 2.05) is 20.8 Å². The zero-order valence-electron chi connectivity index (χ0n) is 11.7. The molecule has 6 heteroatoms. The Balaban J connectivity index is 2.82. The summed E-state index contributed by atoms with van der Waals surface area (Å²) in [6.07, 6.45) is -0.993. The van der Waals surface area contributed by atoms with Gasteiger partial charge in [-0.2, -0.15) is 0 Å². The van der Waals surface area contributed by atoms with Crippen LogP contribution < -0.4 is 10.5 Å². The third kappa shape index (κ3) is 4.53. The largest absolute Gasteiger partial charge is 0.489 e. The average Bonchev–Trinajstić information content (AvgIpc) is 2.33. The number of carbonyl (C=O) groups excluding carboxylic acids is 2. The fraction of sp³-hybridized carbons (Fsp3) is 0.429. The van der Waals surface area contributed by atoms with Crippen LogP contribution in [0.1, 0.15) is 31.1 Å². The minimum atomic E-state index is -0.900. The molecule has 1 rings (SSSR count). The second-order valence-corrected chi connectivity index (χ2v) is 5.40. The summed E-state index contributed by atoms with van der Waals surface area (Å²) in [5.41, 5.74) is 4.71. The zero-order chi connectivity index (χ0) is 15.3. The van der Waals surface area contributed by atoms with Gasteiger partial charge in [-0.15, -0.1) is 0 Å². The maximum atomic E-state index is 13.0. The van der Waals surface area contributed by atoms with Crippen LogP contribution in [0.15, 0.2) is 18.2 Å². The van der Waals surface area contributed by atoms with E-state index in [1.54, 1.807) is 0 Å². The molecule has 20 heavy (non-hydrogen) atoms.